The second kappa shape index (κ2) is 5.84. The third-order valence-corrected chi connectivity index (χ3v) is 4.19. The molecule has 3 nitrogen and oxygen atoms in total. The van der Waals surface area contributed by atoms with Crippen molar-refractivity contribution in [2.75, 3.05) is 6.61 Å². The molecule has 1 heterocycles. The van der Waals surface area contributed by atoms with Crippen molar-refractivity contribution in [3.63, 3.8) is 0 Å². The monoisotopic (exact) mass is 296 g/mol. The highest BCUT2D eigenvalue weighted by Gasteiger charge is 2.15. The van der Waals surface area contributed by atoms with E-state index < -0.39 is 0 Å². The fraction of sp³-hybridized carbons (Fsp3) is 0.316. The molecular formula is C19H20O3. The number of rotatable bonds is 3. The lowest BCUT2D eigenvalue weighted by Gasteiger charge is -2.12. The Balaban J connectivity index is 1.75. The molecule has 0 aliphatic carbocycles. The van der Waals surface area contributed by atoms with Crippen LogP contribution in [-0.2, 0) is 17.6 Å². The summed E-state index contributed by atoms with van der Waals surface area (Å²) in [5.41, 5.74) is 5.28. The summed E-state index contributed by atoms with van der Waals surface area (Å²) >= 11 is 0. The van der Waals surface area contributed by atoms with Gasteiger partial charge in [0.15, 0.2) is 0 Å². The zero-order valence-corrected chi connectivity index (χ0v) is 13.2. The highest BCUT2D eigenvalue weighted by atomic mass is 16.5. The molecule has 114 valence electrons. The molecule has 22 heavy (non-hydrogen) atoms. The number of benzene rings is 2. The van der Waals surface area contributed by atoms with E-state index in [0.717, 1.165) is 41.0 Å². The standard InChI is InChI=1S/C19H20O3/c1-12-4-5-13(2)19(14(12)3)22-18(20)11-15-6-7-17-16(10-15)8-9-21-17/h4-7,10H,8-9,11H2,1-3H3. The fourth-order valence-corrected chi connectivity index (χ4v) is 2.75. The minimum atomic E-state index is -0.226. The third kappa shape index (κ3) is 2.84. The lowest BCUT2D eigenvalue weighted by atomic mass is 10.0. The molecule has 2 aromatic rings. The number of fused-ring (bicyclic) bond motifs is 1. The van der Waals surface area contributed by atoms with Crippen molar-refractivity contribution in [2.24, 2.45) is 0 Å². The average molecular weight is 296 g/mol. The number of esters is 1. The highest BCUT2D eigenvalue weighted by molar-refractivity contribution is 5.76. The molecule has 0 atom stereocenters. The van der Waals surface area contributed by atoms with Gasteiger partial charge in [0.1, 0.15) is 11.5 Å². The second-order valence-corrected chi connectivity index (χ2v) is 5.84. The first-order valence-corrected chi connectivity index (χ1v) is 7.56. The molecule has 0 N–H and O–H groups in total. The molecular weight excluding hydrogens is 276 g/mol. The largest absolute Gasteiger partial charge is 0.493 e. The van der Waals surface area contributed by atoms with E-state index in [1.165, 1.54) is 5.56 Å². The number of hydrogen-bond donors (Lipinski definition) is 0. The molecule has 0 saturated heterocycles. The van der Waals surface area contributed by atoms with Gasteiger partial charge in [-0.1, -0.05) is 24.3 Å². The van der Waals surface area contributed by atoms with Crippen LogP contribution in [-0.4, -0.2) is 12.6 Å². The van der Waals surface area contributed by atoms with Crippen molar-refractivity contribution in [3.05, 3.63) is 58.1 Å². The maximum atomic E-state index is 12.2. The van der Waals surface area contributed by atoms with Crippen LogP contribution < -0.4 is 9.47 Å². The number of carbonyl (C=O) groups excluding carboxylic acids is 1. The Bertz CT molecular complexity index is 732. The van der Waals surface area contributed by atoms with Crippen LogP contribution in [0.15, 0.2) is 30.3 Å². The fourth-order valence-electron chi connectivity index (χ4n) is 2.75. The first-order chi connectivity index (χ1) is 10.5. The van der Waals surface area contributed by atoms with Gasteiger partial charge in [-0.25, -0.2) is 0 Å². The molecule has 0 fully saturated rings. The van der Waals surface area contributed by atoms with Gasteiger partial charge in [0, 0.05) is 6.42 Å². The molecule has 3 rings (SSSR count). The van der Waals surface area contributed by atoms with Crippen LogP contribution in [0.2, 0.25) is 0 Å². The molecule has 1 aliphatic rings. The van der Waals surface area contributed by atoms with E-state index in [-0.39, 0.29) is 12.4 Å². The molecule has 1 aliphatic heterocycles. The normalized spacial score (nSPS) is 12.7. The van der Waals surface area contributed by atoms with E-state index in [1.54, 1.807) is 0 Å². The third-order valence-electron chi connectivity index (χ3n) is 4.19. The summed E-state index contributed by atoms with van der Waals surface area (Å²) in [7, 11) is 0. The lowest BCUT2D eigenvalue weighted by molar-refractivity contribution is -0.133. The number of carbonyl (C=O) groups is 1. The van der Waals surface area contributed by atoms with Gasteiger partial charge in [0.2, 0.25) is 0 Å². The van der Waals surface area contributed by atoms with Crippen LogP contribution in [0.4, 0.5) is 0 Å². The van der Waals surface area contributed by atoms with Crippen molar-refractivity contribution in [1.82, 2.24) is 0 Å². The smallest absolute Gasteiger partial charge is 0.315 e. The minimum absolute atomic E-state index is 0.226. The molecule has 3 heteroatoms. The van der Waals surface area contributed by atoms with Crippen molar-refractivity contribution in [3.8, 4) is 11.5 Å². The topological polar surface area (TPSA) is 35.5 Å². The molecule has 0 radical (unpaired) electrons. The summed E-state index contributed by atoms with van der Waals surface area (Å²) in [6.07, 6.45) is 1.19. The van der Waals surface area contributed by atoms with Crippen LogP contribution in [0.1, 0.15) is 27.8 Å². The van der Waals surface area contributed by atoms with Crippen molar-refractivity contribution in [2.45, 2.75) is 33.6 Å². The van der Waals surface area contributed by atoms with Crippen molar-refractivity contribution in [1.29, 1.82) is 0 Å². The minimum Gasteiger partial charge on any atom is -0.493 e. The maximum absolute atomic E-state index is 12.2. The number of ether oxygens (including phenoxy) is 2. The van der Waals surface area contributed by atoms with E-state index in [0.29, 0.717) is 5.75 Å². The van der Waals surface area contributed by atoms with Crippen LogP contribution in [0, 0.1) is 20.8 Å². The Kier molecular flexibility index (Phi) is 3.88. The van der Waals surface area contributed by atoms with Crippen LogP contribution in [0.25, 0.3) is 0 Å². The van der Waals surface area contributed by atoms with Crippen molar-refractivity contribution >= 4 is 5.97 Å². The van der Waals surface area contributed by atoms with Gasteiger partial charge in [0.25, 0.3) is 0 Å². The molecule has 0 amide bonds. The van der Waals surface area contributed by atoms with E-state index >= 15 is 0 Å². The zero-order chi connectivity index (χ0) is 15.7. The summed E-state index contributed by atoms with van der Waals surface area (Å²) in [6, 6.07) is 9.94. The molecule has 0 aromatic heterocycles. The lowest BCUT2D eigenvalue weighted by Crippen LogP contribution is -2.13. The van der Waals surface area contributed by atoms with E-state index in [9.17, 15) is 4.79 Å². The van der Waals surface area contributed by atoms with Crippen LogP contribution >= 0.6 is 0 Å². The Morgan fingerprint density at radius 1 is 1.14 bits per heavy atom. The van der Waals surface area contributed by atoms with Gasteiger partial charge in [-0.2, -0.15) is 0 Å². The maximum Gasteiger partial charge on any atom is 0.315 e. The molecule has 0 unspecified atom stereocenters. The van der Waals surface area contributed by atoms with E-state index in [1.807, 2.05) is 51.1 Å². The zero-order valence-electron chi connectivity index (χ0n) is 13.2. The van der Waals surface area contributed by atoms with E-state index in [4.69, 9.17) is 9.47 Å². The molecule has 0 saturated carbocycles. The van der Waals surface area contributed by atoms with Crippen LogP contribution in [0.3, 0.4) is 0 Å². The Morgan fingerprint density at radius 3 is 2.73 bits per heavy atom. The predicted octanol–water partition coefficient (Wildman–Crippen LogP) is 3.69. The summed E-state index contributed by atoms with van der Waals surface area (Å²) in [5.74, 6) is 1.40. The van der Waals surface area contributed by atoms with Gasteiger partial charge in [-0.3, -0.25) is 4.79 Å². The second-order valence-electron chi connectivity index (χ2n) is 5.84. The van der Waals surface area contributed by atoms with Crippen molar-refractivity contribution < 1.29 is 14.3 Å². The SMILES string of the molecule is Cc1ccc(C)c(OC(=O)Cc2ccc3c(c2)CCO3)c1C. The average Bonchev–Trinajstić information content (AvgIpc) is 2.95. The number of aryl methyl sites for hydroxylation is 2. The van der Waals surface area contributed by atoms with Crippen LogP contribution in [0.5, 0.6) is 11.5 Å². The summed E-state index contributed by atoms with van der Waals surface area (Å²) in [4.78, 5) is 12.2. The summed E-state index contributed by atoms with van der Waals surface area (Å²) in [5, 5.41) is 0. The highest BCUT2D eigenvalue weighted by Crippen LogP contribution is 2.28. The van der Waals surface area contributed by atoms with Gasteiger partial charge in [-0.05, 0) is 54.7 Å². The first kappa shape index (κ1) is 14.6. The summed E-state index contributed by atoms with van der Waals surface area (Å²) < 4.78 is 11.1. The van der Waals surface area contributed by atoms with Gasteiger partial charge in [0.05, 0.1) is 13.0 Å². The molecule has 0 spiro atoms. The Morgan fingerprint density at radius 2 is 1.91 bits per heavy atom. The Labute approximate surface area is 130 Å². The van der Waals surface area contributed by atoms with Gasteiger partial charge < -0.3 is 9.47 Å². The molecule has 0 bridgehead atoms. The summed E-state index contributed by atoms with van der Waals surface area (Å²) in [6.45, 7) is 6.69. The first-order valence-electron chi connectivity index (χ1n) is 7.56. The van der Waals surface area contributed by atoms with E-state index in [2.05, 4.69) is 0 Å². The quantitative estimate of drug-likeness (QED) is 0.640. The number of hydrogen-bond acceptors (Lipinski definition) is 3. The van der Waals surface area contributed by atoms with Gasteiger partial charge >= 0.3 is 5.97 Å². The van der Waals surface area contributed by atoms with Gasteiger partial charge in [-0.15, -0.1) is 0 Å². The predicted molar refractivity (Wildman–Crippen MR) is 85.6 cm³/mol. The Hall–Kier alpha value is -2.29. The molecule has 2 aromatic carbocycles.